The van der Waals surface area contributed by atoms with Gasteiger partial charge in [-0.15, -0.1) is 11.3 Å². The van der Waals surface area contributed by atoms with Gasteiger partial charge < -0.3 is 10.2 Å². The fraction of sp³-hybridized carbons (Fsp3) is 0.444. The summed E-state index contributed by atoms with van der Waals surface area (Å²) in [6.07, 6.45) is 5.47. The van der Waals surface area contributed by atoms with Gasteiger partial charge in [-0.05, 0) is 44.9 Å². The first-order valence-electron chi connectivity index (χ1n) is 8.20. The minimum absolute atomic E-state index is 0.0211. The lowest BCUT2D eigenvalue weighted by atomic mass is 10.0. The van der Waals surface area contributed by atoms with Gasteiger partial charge >= 0.3 is 0 Å². The standard InChI is InChI=1S/C18H23N3OS/c1-13(2)21-11-9-14(10-12-21)19-17(22)7-8-18-20-15-5-3-4-6-16(15)23-18/h3-8,13-14H,9-12H2,1-2H3,(H,19,22)/b8-7+. The maximum atomic E-state index is 12.1. The maximum Gasteiger partial charge on any atom is 0.244 e. The van der Waals surface area contributed by atoms with Crippen LogP contribution in [0.2, 0.25) is 0 Å². The van der Waals surface area contributed by atoms with E-state index in [9.17, 15) is 4.79 Å². The third-order valence-corrected chi connectivity index (χ3v) is 5.30. The van der Waals surface area contributed by atoms with E-state index in [4.69, 9.17) is 0 Å². The molecule has 0 atom stereocenters. The summed E-state index contributed by atoms with van der Waals surface area (Å²) in [4.78, 5) is 19.0. The molecule has 0 spiro atoms. The molecule has 1 aliphatic rings. The number of piperidine rings is 1. The molecule has 1 amide bonds. The number of nitrogens with one attached hydrogen (secondary N) is 1. The molecule has 1 saturated heterocycles. The van der Waals surface area contributed by atoms with Crippen molar-refractivity contribution in [2.75, 3.05) is 13.1 Å². The molecule has 0 aliphatic carbocycles. The van der Waals surface area contributed by atoms with Crippen molar-refractivity contribution >= 4 is 33.5 Å². The van der Waals surface area contributed by atoms with E-state index < -0.39 is 0 Å². The normalized spacial score (nSPS) is 17.3. The lowest BCUT2D eigenvalue weighted by Gasteiger charge is -2.34. The molecule has 1 aromatic carbocycles. The molecule has 3 rings (SSSR count). The van der Waals surface area contributed by atoms with Crippen LogP contribution in [0.25, 0.3) is 16.3 Å². The van der Waals surface area contributed by atoms with Crippen LogP contribution < -0.4 is 5.32 Å². The molecule has 1 aromatic heterocycles. The molecule has 122 valence electrons. The predicted molar refractivity (Wildman–Crippen MR) is 96.5 cm³/mol. The van der Waals surface area contributed by atoms with Crippen molar-refractivity contribution < 1.29 is 4.79 Å². The van der Waals surface area contributed by atoms with Crippen LogP contribution >= 0.6 is 11.3 Å². The van der Waals surface area contributed by atoms with Gasteiger partial charge in [-0.25, -0.2) is 4.98 Å². The van der Waals surface area contributed by atoms with Crippen molar-refractivity contribution in [3.63, 3.8) is 0 Å². The topological polar surface area (TPSA) is 45.2 Å². The Kier molecular flexibility index (Phi) is 5.08. The summed E-state index contributed by atoms with van der Waals surface area (Å²) in [5.74, 6) is -0.0211. The van der Waals surface area contributed by atoms with E-state index in [1.165, 1.54) is 0 Å². The highest BCUT2D eigenvalue weighted by Crippen LogP contribution is 2.22. The number of nitrogens with zero attached hydrogens (tertiary/aromatic N) is 2. The molecule has 0 bridgehead atoms. The molecular formula is C18H23N3OS. The molecular weight excluding hydrogens is 306 g/mol. The second-order valence-corrected chi connectivity index (χ2v) is 7.33. The van der Waals surface area contributed by atoms with Gasteiger partial charge in [0.1, 0.15) is 5.01 Å². The number of hydrogen-bond acceptors (Lipinski definition) is 4. The van der Waals surface area contributed by atoms with Crippen LogP contribution in [0.3, 0.4) is 0 Å². The van der Waals surface area contributed by atoms with Crippen molar-refractivity contribution in [2.24, 2.45) is 0 Å². The van der Waals surface area contributed by atoms with Crippen LogP contribution in [-0.2, 0) is 4.79 Å². The van der Waals surface area contributed by atoms with E-state index >= 15 is 0 Å². The first kappa shape index (κ1) is 16.1. The van der Waals surface area contributed by atoms with Crippen LogP contribution in [0.1, 0.15) is 31.7 Å². The third-order valence-electron chi connectivity index (χ3n) is 4.29. The molecule has 23 heavy (non-hydrogen) atoms. The highest BCUT2D eigenvalue weighted by atomic mass is 32.1. The van der Waals surface area contributed by atoms with E-state index in [1.54, 1.807) is 17.4 Å². The van der Waals surface area contributed by atoms with Gasteiger partial charge in [-0.1, -0.05) is 12.1 Å². The van der Waals surface area contributed by atoms with E-state index in [-0.39, 0.29) is 11.9 Å². The first-order valence-corrected chi connectivity index (χ1v) is 9.01. The van der Waals surface area contributed by atoms with Crippen LogP contribution in [0.4, 0.5) is 0 Å². The maximum absolute atomic E-state index is 12.1. The number of carbonyl (C=O) groups excluding carboxylic acids is 1. The average molecular weight is 329 g/mol. The smallest absolute Gasteiger partial charge is 0.244 e. The number of fused-ring (bicyclic) bond motifs is 1. The number of likely N-dealkylation sites (tertiary alicyclic amines) is 1. The Morgan fingerprint density at radius 2 is 2.09 bits per heavy atom. The fourth-order valence-electron chi connectivity index (χ4n) is 2.92. The van der Waals surface area contributed by atoms with Gasteiger partial charge in [0, 0.05) is 31.2 Å². The molecule has 1 aliphatic heterocycles. The van der Waals surface area contributed by atoms with Crippen molar-refractivity contribution in [3.05, 3.63) is 35.3 Å². The molecule has 2 aromatic rings. The summed E-state index contributed by atoms with van der Waals surface area (Å²) in [5.41, 5.74) is 0.985. The summed E-state index contributed by atoms with van der Waals surface area (Å²) in [5, 5.41) is 3.98. The summed E-state index contributed by atoms with van der Waals surface area (Å²) in [6, 6.07) is 8.90. The highest BCUT2D eigenvalue weighted by molar-refractivity contribution is 7.19. The third kappa shape index (κ3) is 4.18. The monoisotopic (exact) mass is 329 g/mol. The van der Waals surface area contributed by atoms with Crippen molar-refractivity contribution in [2.45, 2.75) is 38.8 Å². The van der Waals surface area contributed by atoms with Gasteiger partial charge in [-0.3, -0.25) is 4.79 Å². The number of benzene rings is 1. The van der Waals surface area contributed by atoms with Crippen LogP contribution in [-0.4, -0.2) is 41.0 Å². The Bertz CT molecular complexity index is 666. The second kappa shape index (κ2) is 7.23. The van der Waals surface area contributed by atoms with Gasteiger partial charge in [0.15, 0.2) is 0 Å². The van der Waals surface area contributed by atoms with Gasteiger partial charge in [0.25, 0.3) is 0 Å². The average Bonchev–Trinajstić information content (AvgIpc) is 2.96. The Labute approximate surface area is 141 Å². The van der Waals surface area contributed by atoms with E-state index in [0.717, 1.165) is 41.2 Å². The number of hydrogen-bond donors (Lipinski definition) is 1. The summed E-state index contributed by atoms with van der Waals surface area (Å²) in [6.45, 7) is 6.56. The molecule has 4 nitrogen and oxygen atoms in total. The minimum atomic E-state index is -0.0211. The van der Waals surface area contributed by atoms with E-state index in [2.05, 4.69) is 29.0 Å². The Balaban J connectivity index is 1.53. The number of para-hydroxylation sites is 1. The summed E-state index contributed by atoms with van der Waals surface area (Å²) < 4.78 is 1.15. The molecule has 0 radical (unpaired) electrons. The lowest BCUT2D eigenvalue weighted by molar-refractivity contribution is -0.117. The number of thiazole rings is 1. The van der Waals surface area contributed by atoms with Gasteiger partial charge in [-0.2, -0.15) is 0 Å². The molecule has 1 fully saturated rings. The number of carbonyl (C=O) groups is 1. The minimum Gasteiger partial charge on any atom is -0.350 e. The van der Waals surface area contributed by atoms with Crippen molar-refractivity contribution in [1.29, 1.82) is 0 Å². The zero-order valence-corrected chi connectivity index (χ0v) is 14.5. The molecule has 1 N–H and O–H groups in total. The quantitative estimate of drug-likeness (QED) is 0.876. The van der Waals surface area contributed by atoms with Crippen molar-refractivity contribution in [3.8, 4) is 0 Å². The van der Waals surface area contributed by atoms with Crippen LogP contribution in [0, 0.1) is 0 Å². The molecule has 0 saturated carbocycles. The predicted octanol–water partition coefficient (Wildman–Crippen LogP) is 3.30. The van der Waals surface area contributed by atoms with E-state index in [0.29, 0.717) is 6.04 Å². The van der Waals surface area contributed by atoms with Crippen molar-refractivity contribution in [1.82, 2.24) is 15.2 Å². The Morgan fingerprint density at radius 3 is 2.78 bits per heavy atom. The van der Waals surface area contributed by atoms with Gasteiger partial charge in [0.05, 0.1) is 10.2 Å². The highest BCUT2D eigenvalue weighted by Gasteiger charge is 2.21. The molecule has 5 heteroatoms. The number of aromatic nitrogens is 1. The summed E-state index contributed by atoms with van der Waals surface area (Å²) in [7, 11) is 0. The number of amides is 1. The molecule has 0 unspecified atom stereocenters. The van der Waals surface area contributed by atoms with Crippen LogP contribution in [0.15, 0.2) is 30.3 Å². The SMILES string of the molecule is CC(C)N1CCC(NC(=O)/C=C/c2nc3ccccc3s2)CC1. The Morgan fingerprint density at radius 1 is 1.35 bits per heavy atom. The van der Waals surface area contributed by atoms with Crippen LogP contribution in [0.5, 0.6) is 0 Å². The second-order valence-electron chi connectivity index (χ2n) is 6.27. The largest absolute Gasteiger partial charge is 0.350 e. The Hall–Kier alpha value is -1.72. The fourth-order valence-corrected chi connectivity index (χ4v) is 3.79. The zero-order chi connectivity index (χ0) is 16.2. The first-order chi connectivity index (χ1) is 11.1. The van der Waals surface area contributed by atoms with E-state index in [1.807, 2.05) is 30.3 Å². The summed E-state index contributed by atoms with van der Waals surface area (Å²) >= 11 is 1.60. The van der Waals surface area contributed by atoms with Gasteiger partial charge in [0.2, 0.25) is 5.91 Å². The molecule has 2 heterocycles. The number of rotatable bonds is 4. The lowest BCUT2D eigenvalue weighted by Crippen LogP contribution is -2.46. The zero-order valence-electron chi connectivity index (χ0n) is 13.7.